The van der Waals surface area contributed by atoms with Crippen molar-refractivity contribution in [1.29, 1.82) is 0 Å². The minimum Gasteiger partial charge on any atom is -0.493 e. The molecule has 0 unspecified atom stereocenters. The van der Waals surface area contributed by atoms with Gasteiger partial charge in [-0.3, -0.25) is 0 Å². The van der Waals surface area contributed by atoms with Crippen molar-refractivity contribution in [1.82, 2.24) is 5.32 Å². The van der Waals surface area contributed by atoms with Crippen LogP contribution >= 0.6 is 11.3 Å². The predicted molar refractivity (Wildman–Crippen MR) is 83.6 cm³/mol. The summed E-state index contributed by atoms with van der Waals surface area (Å²) in [6, 6.07) is 4.02. The van der Waals surface area contributed by atoms with Crippen molar-refractivity contribution < 1.29 is 14.2 Å². The van der Waals surface area contributed by atoms with E-state index in [-0.39, 0.29) is 0 Å². The lowest BCUT2D eigenvalue weighted by Gasteiger charge is -2.21. The van der Waals surface area contributed by atoms with Crippen LogP contribution in [0.1, 0.15) is 16.7 Å². The van der Waals surface area contributed by atoms with E-state index in [2.05, 4.69) is 23.0 Å². The van der Waals surface area contributed by atoms with Crippen LogP contribution in [0.25, 0.3) is 0 Å². The number of aryl methyl sites for hydroxylation is 1. The van der Waals surface area contributed by atoms with Crippen LogP contribution in [0.15, 0.2) is 22.9 Å². The average molecular weight is 305 g/mol. The summed E-state index contributed by atoms with van der Waals surface area (Å²) < 4.78 is 16.7. The molecule has 1 N–H and O–H groups in total. The molecule has 0 fully saturated rings. The second-order valence-corrected chi connectivity index (χ2v) is 5.75. The molecular formula is C16H19NO3S. The fraction of sp³-hybridized carbons (Fsp3) is 0.375. The maximum absolute atomic E-state index is 5.65. The zero-order valence-corrected chi connectivity index (χ0v) is 13.1. The van der Waals surface area contributed by atoms with Crippen molar-refractivity contribution in [2.75, 3.05) is 20.3 Å². The third-order valence-electron chi connectivity index (χ3n) is 3.49. The molecule has 2 aromatic rings. The molecule has 4 nitrogen and oxygen atoms in total. The van der Waals surface area contributed by atoms with Crippen molar-refractivity contribution >= 4 is 11.3 Å². The van der Waals surface area contributed by atoms with E-state index in [1.54, 1.807) is 18.4 Å². The topological polar surface area (TPSA) is 39.7 Å². The zero-order chi connectivity index (χ0) is 14.7. The maximum atomic E-state index is 5.65. The van der Waals surface area contributed by atoms with Crippen LogP contribution in [-0.4, -0.2) is 20.3 Å². The molecule has 0 amide bonds. The minimum absolute atomic E-state index is 0.568. The van der Waals surface area contributed by atoms with Crippen LogP contribution in [0.4, 0.5) is 0 Å². The van der Waals surface area contributed by atoms with E-state index in [1.165, 1.54) is 11.1 Å². The van der Waals surface area contributed by atoms with Crippen LogP contribution in [0.5, 0.6) is 17.2 Å². The summed E-state index contributed by atoms with van der Waals surface area (Å²) in [5.74, 6) is 2.21. The summed E-state index contributed by atoms with van der Waals surface area (Å²) in [4.78, 5) is 0. The average Bonchev–Trinajstić information content (AvgIpc) is 2.92. The number of nitrogens with one attached hydrogen (secondary N) is 1. The van der Waals surface area contributed by atoms with Crippen molar-refractivity contribution in [2.24, 2.45) is 0 Å². The highest BCUT2D eigenvalue weighted by atomic mass is 32.1. The summed E-state index contributed by atoms with van der Waals surface area (Å²) in [6.07, 6.45) is 0. The first-order chi connectivity index (χ1) is 10.3. The molecule has 2 heterocycles. The predicted octanol–water partition coefficient (Wildman–Crippen LogP) is 3.13. The number of rotatable bonds is 5. The van der Waals surface area contributed by atoms with E-state index in [0.29, 0.717) is 19.0 Å². The van der Waals surface area contributed by atoms with Gasteiger partial charge in [-0.05, 0) is 46.5 Å². The number of hydrogen-bond acceptors (Lipinski definition) is 5. The van der Waals surface area contributed by atoms with Crippen molar-refractivity contribution in [2.45, 2.75) is 20.0 Å². The van der Waals surface area contributed by atoms with Crippen LogP contribution in [-0.2, 0) is 13.1 Å². The van der Waals surface area contributed by atoms with Gasteiger partial charge in [-0.15, -0.1) is 0 Å². The first kappa shape index (κ1) is 14.2. The van der Waals surface area contributed by atoms with Gasteiger partial charge in [0.15, 0.2) is 11.5 Å². The summed E-state index contributed by atoms with van der Waals surface area (Å²) >= 11 is 1.74. The second kappa shape index (κ2) is 6.37. The maximum Gasteiger partial charge on any atom is 0.203 e. The Morgan fingerprint density at radius 1 is 1.19 bits per heavy atom. The SMILES string of the molecule is COc1cc(CNCc2cscc2C)cc2c1OCCO2. The summed E-state index contributed by atoms with van der Waals surface area (Å²) in [5.41, 5.74) is 3.82. The Morgan fingerprint density at radius 2 is 2.05 bits per heavy atom. The molecule has 0 saturated carbocycles. The largest absolute Gasteiger partial charge is 0.493 e. The summed E-state index contributed by atoms with van der Waals surface area (Å²) in [6.45, 7) is 4.93. The normalized spacial score (nSPS) is 13.2. The number of hydrogen-bond donors (Lipinski definition) is 1. The Kier molecular flexibility index (Phi) is 4.31. The molecule has 0 saturated heterocycles. The highest BCUT2D eigenvalue weighted by Gasteiger charge is 2.18. The molecule has 0 bridgehead atoms. The van der Waals surface area contributed by atoms with E-state index in [0.717, 1.165) is 30.2 Å². The molecule has 21 heavy (non-hydrogen) atoms. The van der Waals surface area contributed by atoms with E-state index in [9.17, 15) is 0 Å². The zero-order valence-electron chi connectivity index (χ0n) is 12.3. The van der Waals surface area contributed by atoms with E-state index in [4.69, 9.17) is 14.2 Å². The fourth-order valence-electron chi connectivity index (χ4n) is 2.34. The number of fused-ring (bicyclic) bond motifs is 1. The van der Waals surface area contributed by atoms with Gasteiger partial charge in [0.25, 0.3) is 0 Å². The summed E-state index contributed by atoms with van der Waals surface area (Å²) in [5, 5.41) is 7.82. The highest BCUT2D eigenvalue weighted by molar-refractivity contribution is 7.08. The van der Waals surface area contributed by atoms with Gasteiger partial charge in [-0.1, -0.05) is 0 Å². The fourth-order valence-corrected chi connectivity index (χ4v) is 3.20. The lowest BCUT2D eigenvalue weighted by Crippen LogP contribution is -2.17. The monoisotopic (exact) mass is 305 g/mol. The quantitative estimate of drug-likeness (QED) is 0.921. The lowest BCUT2D eigenvalue weighted by atomic mass is 10.1. The smallest absolute Gasteiger partial charge is 0.203 e. The molecule has 1 aromatic carbocycles. The lowest BCUT2D eigenvalue weighted by molar-refractivity contribution is 0.165. The third-order valence-corrected chi connectivity index (χ3v) is 4.40. The Morgan fingerprint density at radius 3 is 2.81 bits per heavy atom. The third kappa shape index (κ3) is 3.14. The van der Waals surface area contributed by atoms with Gasteiger partial charge < -0.3 is 19.5 Å². The summed E-state index contributed by atoms with van der Waals surface area (Å²) in [7, 11) is 1.65. The second-order valence-electron chi connectivity index (χ2n) is 5.01. The molecule has 0 aliphatic carbocycles. The van der Waals surface area contributed by atoms with Gasteiger partial charge in [0.2, 0.25) is 5.75 Å². The highest BCUT2D eigenvalue weighted by Crippen LogP contribution is 2.40. The molecule has 0 spiro atoms. The number of ether oxygens (including phenoxy) is 3. The molecule has 0 radical (unpaired) electrons. The Bertz CT molecular complexity index is 607. The minimum atomic E-state index is 0.568. The molecule has 1 aromatic heterocycles. The Balaban J connectivity index is 1.69. The van der Waals surface area contributed by atoms with Crippen LogP contribution in [0.2, 0.25) is 0 Å². The van der Waals surface area contributed by atoms with Crippen LogP contribution in [0.3, 0.4) is 0 Å². The van der Waals surface area contributed by atoms with E-state index in [1.807, 2.05) is 12.1 Å². The van der Waals surface area contributed by atoms with Crippen molar-refractivity contribution in [3.05, 3.63) is 39.6 Å². The number of methoxy groups -OCH3 is 1. The molecule has 3 rings (SSSR count). The standard InChI is InChI=1S/C16H19NO3S/c1-11-9-21-10-13(11)8-17-7-12-5-14(18-2)16-15(6-12)19-3-4-20-16/h5-6,9-10,17H,3-4,7-8H2,1-2H3. The van der Waals surface area contributed by atoms with Crippen LogP contribution < -0.4 is 19.5 Å². The molecule has 1 aliphatic rings. The first-order valence-corrected chi connectivity index (χ1v) is 7.91. The van der Waals surface area contributed by atoms with Gasteiger partial charge >= 0.3 is 0 Å². The molecule has 0 atom stereocenters. The van der Waals surface area contributed by atoms with E-state index >= 15 is 0 Å². The van der Waals surface area contributed by atoms with Gasteiger partial charge in [0.1, 0.15) is 13.2 Å². The van der Waals surface area contributed by atoms with Crippen molar-refractivity contribution in [3.8, 4) is 17.2 Å². The van der Waals surface area contributed by atoms with Gasteiger partial charge in [-0.25, -0.2) is 0 Å². The van der Waals surface area contributed by atoms with Gasteiger partial charge in [0.05, 0.1) is 7.11 Å². The Hall–Kier alpha value is -1.72. The molecule has 112 valence electrons. The van der Waals surface area contributed by atoms with Crippen molar-refractivity contribution in [3.63, 3.8) is 0 Å². The Labute approximate surface area is 128 Å². The van der Waals surface area contributed by atoms with E-state index < -0.39 is 0 Å². The van der Waals surface area contributed by atoms with Gasteiger partial charge in [-0.2, -0.15) is 11.3 Å². The number of benzene rings is 1. The molecule has 5 heteroatoms. The van der Waals surface area contributed by atoms with Crippen LogP contribution in [0, 0.1) is 6.92 Å². The number of thiophene rings is 1. The molecular weight excluding hydrogens is 286 g/mol. The first-order valence-electron chi connectivity index (χ1n) is 6.97. The molecule has 1 aliphatic heterocycles. The van der Waals surface area contributed by atoms with Gasteiger partial charge in [0, 0.05) is 13.1 Å².